The van der Waals surface area contributed by atoms with Crippen LogP contribution < -0.4 is 10.7 Å². The lowest BCUT2D eigenvalue weighted by molar-refractivity contribution is -0.115. The summed E-state index contributed by atoms with van der Waals surface area (Å²) in [6.07, 6.45) is 10.2. The molecular formula is C20H21BrN4OS. The van der Waals surface area contributed by atoms with Crippen molar-refractivity contribution in [2.24, 2.45) is 0 Å². The smallest absolute Gasteiger partial charge is 0.250 e. The van der Waals surface area contributed by atoms with E-state index in [1.54, 1.807) is 12.3 Å². The minimum atomic E-state index is -0.259. The first-order chi connectivity index (χ1) is 13.1. The Balaban J connectivity index is 1.55. The van der Waals surface area contributed by atoms with E-state index in [0.29, 0.717) is 5.11 Å². The van der Waals surface area contributed by atoms with Crippen LogP contribution in [0.2, 0.25) is 0 Å². The quantitative estimate of drug-likeness (QED) is 0.551. The molecule has 0 bridgehead atoms. The largest absolute Gasteiger partial charge is 0.298 e. The molecule has 7 heteroatoms. The molecule has 2 aromatic rings. The number of carbonyl (C=O) groups excluding carboxylic acids is 1. The number of pyridine rings is 1. The molecular weight excluding hydrogens is 424 g/mol. The van der Waals surface area contributed by atoms with Crippen molar-refractivity contribution >= 4 is 45.2 Å². The van der Waals surface area contributed by atoms with Crippen LogP contribution >= 0.6 is 28.1 Å². The minimum Gasteiger partial charge on any atom is -0.298 e. The Kier molecular flexibility index (Phi) is 7.09. The van der Waals surface area contributed by atoms with Gasteiger partial charge in [-0.05, 0) is 60.5 Å². The molecule has 1 unspecified atom stereocenters. The van der Waals surface area contributed by atoms with Crippen molar-refractivity contribution < 1.29 is 4.79 Å². The van der Waals surface area contributed by atoms with Crippen molar-refractivity contribution in [1.82, 2.24) is 20.7 Å². The lowest BCUT2D eigenvalue weighted by atomic mass is 9.98. The van der Waals surface area contributed by atoms with Crippen LogP contribution in [-0.2, 0) is 4.79 Å². The lowest BCUT2D eigenvalue weighted by Crippen LogP contribution is -2.51. The van der Waals surface area contributed by atoms with Crippen LogP contribution in [0.5, 0.6) is 0 Å². The van der Waals surface area contributed by atoms with Crippen LogP contribution in [0.3, 0.4) is 0 Å². The topological polar surface area (TPSA) is 57.3 Å². The molecule has 0 aliphatic carbocycles. The zero-order chi connectivity index (χ0) is 19.1. The highest BCUT2D eigenvalue weighted by Gasteiger charge is 2.24. The van der Waals surface area contributed by atoms with Gasteiger partial charge < -0.3 is 0 Å². The van der Waals surface area contributed by atoms with Crippen molar-refractivity contribution in [3.05, 3.63) is 70.5 Å². The first-order valence-electron chi connectivity index (χ1n) is 8.83. The molecule has 1 aliphatic heterocycles. The Morgan fingerprint density at radius 2 is 2.07 bits per heavy atom. The Bertz CT molecular complexity index is 810. The molecule has 2 heterocycles. The highest BCUT2D eigenvalue weighted by molar-refractivity contribution is 9.10. The number of benzene rings is 1. The number of hydrogen-bond donors (Lipinski definition) is 2. The number of halogens is 1. The average Bonchev–Trinajstić information content (AvgIpc) is 2.68. The number of aromatic nitrogens is 1. The van der Waals surface area contributed by atoms with Crippen molar-refractivity contribution in [2.75, 3.05) is 6.54 Å². The molecule has 0 spiro atoms. The fourth-order valence-electron chi connectivity index (χ4n) is 3.04. The predicted octanol–water partition coefficient (Wildman–Crippen LogP) is 3.99. The maximum Gasteiger partial charge on any atom is 0.250 e. The van der Waals surface area contributed by atoms with E-state index in [9.17, 15) is 4.79 Å². The van der Waals surface area contributed by atoms with Crippen molar-refractivity contribution in [3.63, 3.8) is 0 Å². The van der Waals surface area contributed by atoms with Crippen LogP contribution in [0.4, 0.5) is 0 Å². The molecule has 1 aromatic heterocycles. The second-order valence-electron chi connectivity index (χ2n) is 6.31. The normalized spacial score (nSPS) is 17.6. The molecule has 1 fully saturated rings. The number of hydrogen-bond acceptors (Lipinski definition) is 4. The summed E-state index contributed by atoms with van der Waals surface area (Å²) in [6, 6.07) is 11.9. The van der Waals surface area contributed by atoms with Crippen LogP contribution in [0.25, 0.3) is 6.08 Å². The molecule has 1 saturated heterocycles. The van der Waals surface area contributed by atoms with Crippen molar-refractivity contribution in [2.45, 2.75) is 25.3 Å². The molecule has 0 saturated carbocycles. The van der Waals surface area contributed by atoms with Crippen molar-refractivity contribution in [1.29, 1.82) is 0 Å². The Labute approximate surface area is 173 Å². The highest BCUT2D eigenvalue weighted by Crippen LogP contribution is 2.28. The summed E-state index contributed by atoms with van der Waals surface area (Å²) in [7, 11) is 0. The fourth-order valence-corrected chi connectivity index (χ4v) is 3.52. The summed E-state index contributed by atoms with van der Waals surface area (Å²) in [4.78, 5) is 16.3. The molecule has 2 N–H and O–H groups in total. The van der Waals surface area contributed by atoms with E-state index in [0.717, 1.165) is 41.4 Å². The van der Waals surface area contributed by atoms with Gasteiger partial charge in [-0.3, -0.25) is 20.5 Å². The summed E-state index contributed by atoms with van der Waals surface area (Å²) in [6.45, 7) is 0.865. The SMILES string of the molecule is O=C(/C=C/c1ccc(Br)cc1)NC(=S)NN1CCCCC1c1cccnc1. The van der Waals surface area contributed by atoms with Gasteiger partial charge in [-0.15, -0.1) is 0 Å². The Morgan fingerprint density at radius 3 is 2.81 bits per heavy atom. The highest BCUT2D eigenvalue weighted by atomic mass is 79.9. The zero-order valence-corrected chi connectivity index (χ0v) is 17.2. The third kappa shape index (κ3) is 5.95. The summed E-state index contributed by atoms with van der Waals surface area (Å²) in [5.74, 6) is -0.259. The standard InChI is InChI=1S/C20H21BrN4OS/c21-17-9-6-15(7-10-17)8-11-19(26)23-20(27)24-25-13-2-1-5-18(25)16-4-3-12-22-14-16/h3-4,6-12,14,18H,1-2,5,13H2,(H2,23,24,26,27)/b11-8+. The third-order valence-electron chi connectivity index (χ3n) is 4.35. The number of amides is 1. The minimum absolute atomic E-state index is 0.195. The second kappa shape index (κ2) is 9.73. The predicted molar refractivity (Wildman–Crippen MR) is 115 cm³/mol. The Hall–Kier alpha value is -2.09. The summed E-state index contributed by atoms with van der Waals surface area (Å²) in [5.41, 5.74) is 5.26. The molecule has 1 atom stereocenters. The van der Waals surface area contributed by atoms with E-state index in [1.165, 1.54) is 6.08 Å². The van der Waals surface area contributed by atoms with Gasteiger partial charge in [-0.25, -0.2) is 5.01 Å². The van der Waals surface area contributed by atoms with Gasteiger partial charge >= 0.3 is 0 Å². The van der Waals surface area contributed by atoms with E-state index in [-0.39, 0.29) is 11.9 Å². The van der Waals surface area contributed by atoms with Gasteiger partial charge in [0.2, 0.25) is 5.91 Å². The van der Waals surface area contributed by atoms with Gasteiger partial charge in [0.1, 0.15) is 0 Å². The summed E-state index contributed by atoms with van der Waals surface area (Å²) >= 11 is 8.71. The first kappa shape index (κ1) is 19.7. The maximum absolute atomic E-state index is 12.1. The van der Waals surface area contributed by atoms with E-state index in [2.05, 4.69) is 42.7 Å². The number of piperidine rings is 1. The molecule has 3 rings (SSSR count). The number of hydrazine groups is 1. The average molecular weight is 445 g/mol. The van der Waals surface area contributed by atoms with Crippen LogP contribution in [0.1, 0.15) is 36.4 Å². The first-order valence-corrected chi connectivity index (χ1v) is 10.0. The monoisotopic (exact) mass is 444 g/mol. The number of carbonyl (C=O) groups is 1. The number of rotatable bonds is 4. The van der Waals surface area contributed by atoms with E-state index < -0.39 is 0 Å². The fraction of sp³-hybridized carbons (Fsp3) is 0.250. The van der Waals surface area contributed by atoms with Gasteiger partial charge in [0.15, 0.2) is 5.11 Å². The summed E-state index contributed by atoms with van der Waals surface area (Å²) in [5, 5.41) is 5.10. The second-order valence-corrected chi connectivity index (χ2v) is 7.63. The summed E-state index contributed by atoms with van der Waals surface area (Å²) < 4.78 is 0.999. The van der Waals surface area contributed by atoms with Crippen LogP contribution in [-0.4, -0.2) is 27.6 Å². The third-order valence-corrected chi connectivity index (χ3v) is 5.07. The van der Waals surface area contributed by atoms with Crippen LogP contribution in [0, 0.1) is 0 Å². The molecule has 5 nitrogen and oxygen atoms in total. The number of nitrogens with zero attached hydrogens (tertiary/aromatic N) is 2. The molecule has 140 valence electrons. The lowest BCUT2D eigenvalue weighted by Gasteiger charge is -2.36. The molecule has 1 aromatic carbocycles. The molecule has 1 amide bonds. The van der Waals surface area contributed by atoms with E-state index in [4.69, 9.17) is 12.2 Å². The van der Waals surface area contributed by atoms with Gasteiger partial charge in [0, 0.05) is 29.5 Å². The number of thiocarbonyl (C=S) groups is 1. The van der Waals surface area contributed by atoms with Crippen molar-refractivity contribution in [3.8, 4) is 0 Å². The van der Waals surface area contributed by atoms with E-state index >= 15 is 0 Å². The number of nitrogens with one attached hydrogen (secondary N) is 2. The van der Waals surface area contributed by atoms with E-state index in [1.807, 2.05) is 36.5 Å². The maximum atomic E-state index is 12.1. The molecule has 1 aliphatic rings. The van der Waals surface area contributed by atoms with Gasteiger partial charge in [-0.2, -0.15) is 0 Å². The molecule has 27 heavy (non-hydrogen) atoms. The molecule has 0 radical (unpaired) electrons. The van der Waals surface area contributed by atoms with Gasteiger partial charge in [0.05, 0.1) is 6.04 Å². The van der Waals surface area contributed by atoms with Gasteiger partial charge in [-0.1, -0.05) is 40.5 Å². The van der Waals surface area contributed by atoms with Crippen LogP contribution in [0.15, 0.2) is 59.3 Å². The van der Waals surface area contributed by atoms with Gasteiger partial charge in [0.25, 0.3) is 0 Å². The zero-order valence-electron chi connectivity index (χ0n) is 14.8. The Morgan fingerprint density at radius 1 is 1.26 bits per heavy atom.